The first kappa shape index (κ1) is 26.3. The molecule has 216 valence electrons. The first-order valence-electron chi connectivity index (χ1n) is 15.7. The molecule has 2 nitrogen and oxygen atoms in total. The van der Waals surface area contributed by atoms with Crippen LogP contribution in [0.4, 0.5) is 17.1 Å². The number of nitrogens with zero attached hydrogens (tertiary/aromatic N) is 1. The third-order valence-electron chi connectivity index (χ3n) is 9.04. The van der Waals surface area contributed by atoms with Crippen LogP contribution in [-0.2, 0) is 0 Å². The molecule has 0 atom stereocenters. The molecule has 0 saturated heterocycles. The molecule has 0 spiro atoms. The summed E-state index contributed by atoms with van der Waals surface area (Å²) >= 11 is 0. The number of benzene rings is 8. The largest absolute Gasteiger partial charge is 0.456 e. The first-order valence-corrected chi connectivity index (χ1v) is 15.7. The Balaban J connectivity index is 1.22. The van der Waals surface area contributed by atoms with E-state index < -0.39 is 0 Å². The van der Waals surface area contributed by atoms with Gasteiger partial charge in [-0.3, -0.25) is 0 Å². The van der Waals surface area contributed by atoms with Crippen LogP contribution in [-0.4, -0.2) is 0 Å². The molecule has 0 unspecified atom stereocenters. The molecule has 0 aliphatic heterocycles. The SMILES string of the molecule is c1ccc(-c2ccc(N(c3ccccc3)c3ccc4oc5cccc(-c6ccc7ccc8ccccc8c7c6)c5c4c3)cc2)cc1. The molecule has 2 heteroatoms. The standard InChI is InChI=1S/C44H29NO/c1-3-10-30(11-4-1)31-22-24-36(25-23-31)45(35-13-5-2-6-14-35)37-26-27-42-41(29-37)44-39(16-9-17-43(44)46-42)34-21-20-33-19-18-32-12-7-8-15-38(32)40(33)28-34/h1-29H. The van der Waals surface area contributed by atoms with Crippen LogP contribution in [0.1, 0.15) is 0 Å². The van der Waals surface area contributed by atoms with E-state index >= 15 is 0 Å². The molecule has 1 heterocycles. The Hall–Kier alpha value is -6.12. The fraction of sp³-hybridized carbons (Fsp3) is 0. The Morgan fingerprint density at radius 3 is 1.80 bits per heavy atom. The van der Waals surface area contributed by atoms with Gasteiger partial charge in [-0.25, -0.2) is 0 Å². The minimum absolute atomic E-state index is 0.880. The van der Waals surface area contributed by atoms with Gasteiger partial charge in [0.2, 0.25) is 0 Å². The minimum atomic E-state index is 0.880. The Labute approximate surface area is 267 Å². The van der Waals surface area contributed by atoms with Gasteiger partial charge in [0.1, 0.15) is 11.2 Å². The number of anilines is 3. The monoisotopic (exact) mass is 587 g/mol. The van der Waals surface area contributed by atoms with Gasteiger partial charge in [-0.2, -0.15) is 0 Å². The summed E-state index contributed by atoms with van der Waals surface area (Å²) in [5.41, 5.74) is 9.80. The van der Waals surface area contributed by atoms with Gasteiger partial charge in [0.15, 0.2) is 0 Å². The predicted octanol–water partition coefficient (Wildman–Crippen LogP) is 12.7. The lowest BCUT2D eigenvalue weighted by molar-refractivity contribution is 0.669. The van der Waals surface area contributed by atoms with Crippen LogP contribution in [0.3, 0.4) is 0 Å². The predicted molar refractivity (Wildman–Crippen MR) is 194 cm³/mol. The maximum absolute atomic E-state index is 6.46. The molecular weight excluding hydrogens is 558 g/mol. The van der Waals surface area contributed by atoms with Crippen molar-refractivity contribution in [2.45, 2.75) is 0 Å². The lowest BCUT2D eigenvalue weighted by Gasteiger charge is -2.25. The number of furan rings is 1. The van der Waals surface area contributed by atoms with Gasteiger partial charge in [-0.1, -0.05) is 121 Å². The van der Waals surface area contributed by atoms with Crippen molar-refractivity contribution in [1.82, 2.24) is 0 Å². The van der Waals surface area contributed by atoms with Gasteiger partial charge < -0.3 is 9.32 Å². The number of rotatable bonds is 5. The molecule has 0 fully saturated rings. The molecule has 0 amide bonds. The topological polar surface area (TPSA) is 16.4 Å². The van der Waals surface area contributed by atoms with E-state index in [1.54, 1.807) is 0 Å². The molecule has 0 aliphatic rings. The maximum Gasteiger partial charge on any atom is 0.136 e. The van der Waals surface area contributed by atoms with Crippen LogP contribution >= 0.6 is 0 Å². The van der Waals surface area contributed by atoms with Gasteiger partial charge in [-0.05, 0) is 98.4 Å². The summed E-state index contributed by atoms with van der Waals surface area (Å²) in [4.78, 5) is 2.32. The van der Waals surface area contributed by atoms with E-state index in [1.165, 1.54) is 43.8 Å². The van der Waals surface area contributed by atoms with Crippen LogP contribution in [0.2, 0.25) is 0 Å². The molecule has 8 aromatic carbocycles. The zero-order chi connectivity index (χ0) is 30.5. The molecule has 1 aromatic heterocycles. The second-order valence-electron chi connectivity index (χ2n) is 11.8. The second kappa shape index (κ2) is 10.8. The molecule has 0 radical (unpaired) electrons. The van der Waals surface area contributed by atoms with Crippen LogP contribution < -0.4 is 4.90 Å². The lowest BCUT2D eigenvalue weighted by Crippen LogP contribution is -2.09. The highest BCUT2D eigenvalue weighted by Crippen LogP contribution is 2.42. The number of para-hydroxylation sites is 1. The Kier molecular flexibility index (Phi) is 6.17. The zero-order valence-corrected chi connectivity index (χ0v) is 25.1. The van der Waals surface area contributed by atoms with Crippen LogP contribution in [0, 0.1) is 0 Å². The van der Waals surface area contributed by atoms with Crippen molar-refractivity contribution in [3.63, 3.8) is 0 Å². The molecular formula is C44H29NO. The van der Waals surface area contributed by atoms with E-state index in [-0.39, 0.29) is 0 Å². The molecule has 0 saturated carbocycles. The maximum atomic E-state index is 6.46. The summed E-state index contributed by atoms with van der Waals surface area (Å²) in [6.07, 6.45) is 0. The number of hydrogen-bond acceptors (Lipinski definition) is 2. The van der Waals surface area contributed by atoms with E-state index in [1.807, 2.05) is 0 Å². The number of hydrogen-bond donors (Lipinski definition) is 0. The van der Waals surface area contributed by atoms with Crippen molar-refractivity contribution in [2.75, 3.05) is 4.90 Å². The number of fused-ring (bicyclic) bond motifs is 6. The normalized spacial score (nSPS) is 11.5. The highest BCUT2D eigenvalue weighted by molar-refractivity contribution is 6.15. The summed E-state index contributed by atoms with van der Waals surface area (Å²) in [5.74, 6) is 0. The summed E-state index contributed by atoms with van der Waals surface area (Å²) < 4.78 is 6.46. The Morgan fingerprint density at radius 2 is 0.978 bits per heavy atom. The second-order valence-corrected chi connectivity index (χ2v) is 11.8. The van der Waals surface area contributed by atoms with Gasteiger partial charge >= 0.3 is 0 Å². The van der Waals surface area contributed by atoms with E-state index in [0.717, 1.165) is 39.0 Å². The van der Waals surface area contributed by atoms with Crippen molar-refractivity contribution >= 4 is 60.5 Å². The molecule has 0 bridgehead atoms. The van der Waals surface area contributed by atoms with Crippen molar-refractivity contribution in [1.29, 1.82) is 0 Å². The van der Waals surface area contributed by atoms with E-state index in [4.69, 9.17) is 4.42 Å². The van der Waals surface area contributed by atoms with Gasteiger partial charge in [-0.15, -0.1) is 0 Å². The average Bonchev–Trinajstić information content (AvgIpc) is 3.51. The van der Waals surface area contributed by atoms with Crippen molar-refractivity contribution < 1.29 is 4.42 Å². The minimum Gasteiger partial charge on any atom is -0.456 e. The fourth-order valence-corrected chi connectivity index (χ4v) is 6.82. The van der Waals surface area contributed by atoms with Crippen LogP contribution in [0.25, 0.3) is 65.7 Å². The summed E-state index contributed by atoms with van der Waals surface area (Å²) in [7, 11) is 0. The molecule has 0 aliphatic carbocycles. The van der Waals surface area contributed by atoms with E-state index in [0.29, 0.717) is 0 Å². The highest BCUT2D eigenvalue weighted by atomic mass is 16.3. The Morgan fingerprint density at radius 1 is 0.348 bits per heavy atom. The molecule has 46 heavy (non-hydrogen) atoms. The van der Waals surface area contributed by atoms with E-state index in [2.05, 4.69) is 181 Å². The fourth-order valence-electron chi connectivity index (χ4n) is 6.82. The highest BCUT2D eigenvalue weighted by Gasteiger charge is 2.18. The van der Waals surface area contributed by atoms with Crippen molar-refractivity contribution in [3.05, 3.63) is 176 Å². The third-order valence-corrected chi connectivity index (χ3v) is 9.04. The van der Waals surface area contributed by atoms with Crippen molar-refractivity contribution in [3.8, 4) is 22.3 Å². The average molecular weight is 588 g/mol. The van der Waals surface area contributed by atoms with E-state index in [9.17, 15) is 0 Å². The smallest absolute Gasteiger partial charge is 0.136 e. The summed E-state index contributed by atoms with van der Waals surface area (Å²) in [6.45, 7) is 0. The first-order chi connectivity index (χ1) is 22.8. The molecule has 0 N–H and O–H groups in total. The molecule has 9 aromatic rings. The summed E-state index contributed by atoms with van der Waals surface area (Å²) in [5, 5.41) is 7.25. The quantitative estimate of drug-likeness (QED) is 0.186. The van der Waals surface area contributed by atoms with Crippen LogP contribution in [0.5, 0.6) is 0 Å². The third kappa shape index (κ3) is 4.43. The Bertz CT molecular complexity index is 2510. The van der Waals surface area contributed by atoms with Crippen LogP contribution in [0.15, 0.2) is 180 Å². The lowest BCUT2D eigenvalue weighted by atomic mass is 9.95. The molecule has 9 rings (SSSR count). The summed E-state index contributed by atoms with van der Waals surface area (Å²) in [6, 6.07) is 62.7. The van der Waals surface area contributed by atoms with Gasteiger partial charge in [0.25, 0.3) is 0 Å². The van der Waals surface area contributed by atoms with Gasteiger partial charge in [0, 0.05) is 27.8 Å². The van der Waals surface area contributed by atoms with Gasteiger partial charge in [0.05, 0.1) is 0 Å². The van der Waals surface area contributed by atoms with Crippen molar-refractivity contribution in [2.24, 2.45) is 0 Å². The zero-order valence-electron chi connectivity index (χ0n) is 25.1.